The van der Waals surface area contributed by atoms with Crippen LogP contribution in [0.15, 0.2) is 46.7 Å². The Kier molecular flexibility index (Phi) is 3.69. The van der Waals surface area contributed by atoms with Crippen LogP contribution >= 0.6 is 7.04 Å². The van der Waals surface area contributed by atoms with Crippen molar-refractivity contribution in [3.05, 3.63) is 42.0 Å². The van der Waals surface area contributed by atoms with Crippen LogP contribution in [0.3, 0.4) is 0 Å². The highest BCUT2D eigenvalue weighted by Crippen LogP contribution is 2.48. The first-order valence-electron chi connectivity index (χ1n) is 6.25. The molecule has 17 heavy (non-hydrogen) atoms. The fraction of sp³-hybridized carbons (Fsp3) is 0.333. The van der Waals surface area contributed by atoms with Crippen LogP contribution in [0.5, 0.6) is 0 Å². The van der Waals surface area contributed by atoms with Crippen LogP contribution in [0.2, 0.25) is 0 Å². The van der Waals surface area contributed by atoms with Crippen molar-refractivity contribution < 1.29 is 0 Å². The van der Waals surface area contributed by atoms with E-state index in [4.69, 9.17) is 4.76 Å². The standard InChI is InChI=1S/C15H20NP/c1-4-13-11-14(5-2)17(3,16-12-13)15-9-7-6-8-10-15/h6-12H,4-5H2,1-3H3. The molecule has 0 fully saturated rings. The van der Waals surface area contributed by atoms with E-state index in [0.29, 0.717) is 0 Å². The molecule has 1 unspecified atom stereocenters. The number of nitrogens with zero attached hydrogens (tertiary/aromatic N) is 1. The molecule has 0 N–H and O–H groups in total. The lowest BCUT2D eigenvalue weighted by Crippen LogP contribution is -2.12. The minimum Gasteiger partial charge on any atom is -0.267 e. The molecule has 2 heteroatoms. The average molecular weight is 245 g/mol. The van der Waals surface area contributed by atoms with Gasteiger partial charge in [-0.05, 0) is 35.7 Å². The minimum atomic E-state index is -1.47. The van der Waals surface area contributed by atoms with E-state index in [1.807, 2.05) is 0 Å². The van der Waals surface area contributed by atoms with Gasteiger partial charge in [-0.15, -0.1) is 0 Å². The maximum absolute atomic E-state index is 4.92. The summed E-state index contributed by atoms with van der Waals surface area (Å²) in [5, 5.41) is 2.91. The topological polar surface area (TPSA) is 12.4 Å². The van der Waals surface area contributed by atoms with Crippen molar-refractivity contribution in [2.24, 2.45) is 4.76 Å². The van der Waals surface area contributed by atoms with Crippen LogP contribution in [-0.4, -0.2) is 18.2 Å². The van der Waals surface area contributed by atoms with Gasteiger partial charge in [0.25, 0.3) is 0 Å². The SMILES string of the molecule is CCC1=CC(CC)=P(C)(c2ccccc2)N=C1. The Hall–Kier alpha value is -1.07. The molecule has 1 aromatic rings. The molecule has 0 saturated carbocycles. The molecule has 0 amide bonds. The Morgan fingerprint density at radius 1 is 1.06 bits per heavy atom. The van der Waals surface area contributed by atoms with Gasteiger partial charge in [-0.2, -0.15) is 0 Å². The quantitative estimate of drug-likeness (QED) is 0.717. The molecule has 1 aliphatic rings. The highest BCUT2D eigenvalue weighted by atomic mass is 31.2. The van der Waals surface area contributed by atoms with Crippen molar-refractivity contribution >= 4 is 23.8 Å². The number of allylic oxidation sites excluding steroid dienone is 2. The summed E-state index contributed by atoms with van der Waals surface area (Å²) < 4.78 is 4.92. The first-order valence-corrected chi connectivity index (χ1v) is 8.44. The molecule has 0 radical (unpaired) electrons. The zero-order valence-corrected chi connectivity index (χ0v) is 11.7. The molecule has 0 spiro atoms. The maximum atomic E-state index is 4.92. The van der Waals surface area contributed by atoms with Crippen molar-refractivity contribution in [2.75, 3.05) is 6.66 Å². The highest BCUT2D eigenvalue weighted by molar-refractivity contribution is 7.81. The van der Waals surface area contributed by atoms with Crippen molar-refractivity contribution in [1.82, 2.24) is 0 Å². The third kappa shape index (κ3) is 2.30. The molecule has 1 aliphatic heterocycles. The van der Waals surface area contributed by atoms with E-state index in [0.717, 1.165) is 12.8 Å². The summed E-state index contributed by atoms with van der Waals surface area (Å²) in [6.45, 7) is 6.75. The van der Waals surface area contributed by atoms with Crippen LogP contribution in [0.25, 0.3) is 0 Å². The minimum absolute atomic E-state index is 1.07. The zero-order valence-electron chi connectivity index (χ0n) is 10.9. The summed E-state index contributed by atoms with van der Waals surface area (Å²) in [5.74, 6) is 0. The number of hydrogen-bond donors (Lipinski definition) is 0. The lowest BCUT2D eigenvalue weighted by Gasteiger charge is -2.24. The second-order valence-corrected chi connectivity index (χ2v) is 7.70. The molecule has 2 rings (SSSR count). The Morgan fingerprint density at radius 2 is 1.76 bits per heavy atom. The fourth-order valence-corrected chi connectivity index (χ4v) is 4.97. The number of benzene rings is 1. The van der Waals surface area contributed by atoms with Crippen LogP contribution in [0.4, 0.5) is 0 Å². The molecular weight excluding hydrogens is 225 g/mol. The average Bonchev–Trinajstić information content (AvgIpc) is 2.40. The smallest absolute Gasteiger partial charge is 0.0291 e. The molecule has 1 atom stereocenters. The van der Waals surface area contributed by atoms with E-state index in [1.165, 1.54) is 16.2 Å². The molecule has 90 valence electrons. The maximum Gasteiger partial charge on any atom is 0.0291 e. The lowest BCUT2D eigenvalue weighted by molar-refractivity contribution is 1.18. The van der Waals surface area contributed by atoms with Crippen molar-refractivity contribution in [3.8, 4) is 0 Å². The van der Waals surface area contributed by atoms with E-state index in [-0.39, 0.29) is 0 Å². The van der Waals surface area contributed by atoms with Gasteiger partial charge in [-0.1, -0.05) is 50.3 Å². The van der Waals surface area contributed by atoms with Crippen LogP contribution in [0.1, 0.15) is 26.7 Å². The van der Waals surface area contributed by atoms with E-state index < -0.39 is 7.04 Å². The molecule has 1 aromatic carbocycles. The van der Waals surface area contributed by atoms with Gasteiger partial charge in [0.1, 0.15) is 0 Å². The Morgan fingerprint density at radius 3 is 2.35 bits per heavy atom. The number of hydrogen-bond acceptors (Lipinski definition) is 1. The van der Waals surface area contributed by atoms with Crippen molar-refractivity contribution in [3.63, 3.8) is 0 Å². The second-order valence-electron chi connectivity index (χ2n) is 4.46. The van der Waals surface area contributed by atoms with Gasteiger partial charge in [-0.3, -0.25) is 4.76 Å². The molecule has 0 aliphatic carbocycles. The third-order valence-corrected chi connectivity index (χ3v) is 6.84. The Labute approximate surface area is 104 Å². The van der Waals surface area contributed by atoms with Gasteiger partial charge in [0.2, 0.25) is 0 Å². The van der Waals surface area contributed by atoms with Crippen LogP contribution in [-0.2, 0) is 0 Å². The van der Waals surface area contributed by atoms with Gasteiger partial charge in [0.05, 0.1) is 0 Å². The summed E-state index contributed by atoms with van der Waals surface area (Å²) in [5.41, 5.74) is 1.36. The first kappa shape index (κ1) is 12.4. The predicted molar refractivity (Wildman–Crippen MR) is 81.1 cm³/mol. The monoisotopic (exact) mass is 245 g/mol. The van der Waals surface area contributed by atoms with Gasteiger partial charge in [0.15, 0.2) is 0 Å². The van der Waals surface area contributed by atoms with Crippen molar-refractivity contribution in [1.29, 1.82) is 0 Å². The highest BCUT2D eigenvalue weighted by Gasteiger charge is 2.19. The van der Waals surface area contributed by atoms with E-state index in [1.54, 1.807) is 0 Å². The molecule has 0 bridgehead atoms. The second kappa shape index (κ2) is 5.06. The molecule has 0 aromatic heterocycles. The molecule has 0 saturated heterocycles. The number of rotatable bonds is 3. The van der Waals surface area contributed by atoms with E-state index in [9.17, 15) is 0 Å². The predicted octanol–water partition coefficient (Wildman–Crippen LogP) is 3.88. The van der Waals surface area contributed by atoms with E-state index >= 15 is 0 Å². The van der Waals surface area contributed by atoms with Crippen LogP contribution in [0, 0.1) is 0 Å². The largest absolute Gasteiger partial charge is 0.267 e. The Balaban J connectivity index is 2.60. The third-order valence-electron chi connectivity index (χ3n) is 3.40. The van der Waals surface area contributed by atoms with Gasteiger partial charge in [-0.25, -0.2) is 0 Å². The van der Waals surface area contributed by atoms with E-state index in [2.05, 4.69) is 63.1 Å². The fourth-order valence-electron chi connectivity index (χ4n) is 2.19. The van der Waals surface area contributed by atoms with Gasteiger partial charge in [0, 0.05) is 13.3 Å². The Bertz CT molecular complexity index is 509. The summed E-state index contributed by atoms with van der Waals surface area (Å²) >= 11 is 0. The summed E-state index contributed by atoms with van der Waals surface area (Å²) in [7, 11) is -1.47. The van der Waals surface area contributed by atoms with Gasteiger partial charge >= 0.3 is 0 Å². The zero-order chi connectivity index (χ0) is 12.3. The summed E-state index contributed by atoms with van der Waals surface area (Å²) in [4.78, 5) is 0. The molecule has 1 nitrogen and oxygen atoms in total. The van der Waals surface area contributed by atoms with Crippen molar-refractivity contribution in [2.45, 2.75) is 26.7 Å². The normalized spacial score (nSPS) is 23.7. The molecular formula is C15H20NP. The van der Waals surface area contributed by atoms with Crippen LogP contribution < -0.4 is 5.30 Å². The lowest BCUT2D eigenvalue weighted by atomic mass is 10.1. The summed E-state index contributed by atoms with van der Waals surface area (Å²) in [6.07, 6.45) is 6.62. The van der Waals surface area contributed by atoms with Gasteiger partial charge < -0.3 is 0 Å². The molecule has 1 heterocycles. The summed E-state index contributed by atoms with van der Waals surface area (Å²) in [6, 6.07) is 10.7. The first-order chi connectivity index (χ1) is 8.20.